The number of ether oxygens (including phenoxy) is 2. The van der Waals surface area contributed by atoms with E-state index in [4.69, 9.17) is 19.2 Å². The van der Waals surface area contributed by atoms with Crippen LogP contribution in [0.25, 0.3) is 11.0 Å². The number of hydrogen-bond donors (Lipinski definition) is 1. The predicted molar refractivity (Wildman–Crippen MR) is 95.4 cm³/mol. The first-order valence-electron chi connectivity index (χ1n) is 7.71. The molecule has 0 aliphatic carbocycles. The van der Waals surface area contributed by atoms with E-state index >= 15 is 0 Å². The number of hydrazone groups is 1. The number of nitriles is 1. The Kier molecular flexibility index (Phi) is 5.15. The molecular weight excluding hydrogens is 334 g/mol. The van der Waals surface area contributed by atoms with E-state index in [1.165, 1.54) is 13.3 Å². The van der Waals surface area contributed by atoms with Crippen molar-refractivity contribution in [3.8, 4) is 17.6 Å². The zero-order valence-corrected chi connectivity index (χ0v) is 13.9. The van der Waals surface area contributed by atoms with Crippen LogP contribution in [0.4, 0.5) is 0 Å². The molecule has 0 unspecified atom stereocenters. The number of methoxy groups -OCH3 is 1. The molecule has 7 nitrogen and oxygen atoms in total. The van der Waals surface area contributed by atoms with Gasteiger partial charge in [-0.25, -0.2) is 5.43 Å². The summed E-state index contributed by atoms with van der Waals surface area (Å²) in [5.41, 5.74) is 3.54. The maximum atomic E-state index is 12.2. The number of carbonyl (C=O) groups excluding carboxylic acids is 1. The van der Waals surface area contributed by atoms with Crippen LogP contribution in [0, 0.1) is 11.3 Å². The first-order chi connectivity index (χ1) is 12.7. The van der Waals surface area contributed by atoms with E-state index in [0.717, 1.165) is 5.39 Å². The maximum Gasteiger partial charge on any atom is 0.307 e. The Morgan fingerprint density at radius 3 is 2.88 bits per heavy atom. The van der Waals surface area contributed by atoms with Crippen molar-refractivity contribution in [1.29, 1.82) is 5.26 Å². The molecular formula is C19H15N3O4. The largest absolute Gasteiger partial charge is 0.493 e. The third kappa shape index (κ3) is 3.65. The van der Waals surface area contributed by atoms with Gasteiger partial charge in [-0.3, -0.25) is 4.79 Å². The standard InChI is InChI=1S/C19H15N3O4/c1-24-16-8-4-6-13-11-17(26-18(13)16)19(23)22-21-12-14-5-2-3-7-15(14)25-10-9-20/h2-8,11-12H,10H2,1H3,(H,22,23)/b21-12-. The molecule has 1 heterocycles. The number of carbonyl (C=O) groups is 1. The van der Waals surface area contributed by atoms with Crippen LogP contribution in [0.2, 0.25) is 0 Å². The van der Waals surface area contributed by atoms with Crippen molar-refractivity contribution in [2.24, 2.45) is 5.10 Å². The van der Waals surface area contributed by atoms with Crippen molar-refractivity contribution in [3.63, 3.8) is 0 Å². The SMILES string of the molecule is COc1cccc2cc(C(=O)N/N=C\c3ccccc3OCC#N)oc12. The van der Waals surface area contributed by atoms with Gasteiger partial charge in [-0.15, -0.1) is 0 Å². The average Bonchev–Trinajstić information content (AvgIpc) is 3.11. The van der Waals surface area contributed by atoms with Crippen molar-refractivity contribution in [1.82, 2.24) is 5.43 Å². The van der Waals surface area contributed by atoms with Gasteiger partial charge >= 0.3 is 5.91 Å². The molecule has 0 atom stereocenters. The lowest BCUT2D eigenvalue weighted by molar-refractivity contribution is 0.0929. The van der Waals surface area contributed by atoms with Crippen LogP contribution in [0.3, 0.4) is 0 Å². The maximum absolute atomic E-state index is 12.2. The highest BCUT2D eigenvalue weighted by atomic mass is 16.5. The predicted octanol–water partition coefficient (Wildman–Crippen LogP) is 3.11. The number of amides is 1. The van der Waals surface area contributed by atoms with Gasteiger partial charge in [0.15, 0.2) is 23.7 Å². The fraction of sp³-hybridized carbons (Fsp3) is 0.105. The van der Waals surface area contributed by atoms with Gasteiger partial charge in [0.05, 0.1) is 13.3 Å². The number of rotatable bonds is 6. The van der Waals surface area contributed by atoms with Gasteiger partial charge in [-0.05, 0) is 24.3 Å². The third-order valence-electron chi connectivity index (χ3n) is 3.53. The number of hydrogen-bond acceptors (Lipinski definition) is 6. The summed E-state index contributed by atoms with van der Waals surface area (Å²) in [4.78, 5) is 12.2. The van der Waals surface area contributed by atoms with Gasteiger partial charge in [0.2, 0.25) is 0 Å². The van der Waals surface area contributed by atoms with Crippen LogP contribution in [0.15, 0.2) is 58.0 Å². The summed E-state index contributed by atoms with van der Waals surface area (Å²) in [6.07, 6.45) is 1.44. The minimum atomic E-state index is -0.491. The van der Waals surface area contributed by atoms with Gasteiger partial charge in [0.1, 0.15) is 11.8 Å². The second-order valence-corrected chi connectivity index (χ2v) is 5.17. The molecule has 2 aromatic carbocycles. The van der Waals surface area contributed by atoms with Crippen molar-refractivity contribution in [2.75, 3.05) is 13.7 Å². The third-order valence-corrected chi connectivity index (χ3v) is 3.53. The quantitative estimate of drug-likeness (QED) is 0.545. The second-order valence-electron chi connectivity index (χ2n) is 5.17. The molecule has 0 radical (unpaired) electrons. The molecule has 3 aromatic rings. The minimum Gasteiger partial charge on any atom is -0.493 e. The molecule has 3 rings (SSSR count). The molecule has 0 fully saturated rings. The zero-order chi connectivity index (χ0) is 18.4. The van der Waals surface area contributed by atoms with E-state index < -0.39 is 5.91 Å². The van der Waals surface area contributed by atoms with E-state index in [-0.39, 0.29) is 12.4 Å². The molecule has 26 heavy (non-hydrogen) atoms. The lowest BCUT2D eigenvalue weighted by Crippen LogP contribution is -2.16. The molecule has 1 N–H and O–H groups in total. The van der Waals surface area contributed by atoms with Gasteiger partial charge < -0.3 is 13.9 Å². The van der Waals surface area contributed by atoms with Crippen LogP contribution in [-0.2, 0) is 0 Å². The van der Waals surface area contributed by atoms with Gasteiger partial charge in [-0.2, -0.15) is 10.4 Å². The molecule has 0 saturated carbocycles. The molecule has 1 aromatic heterocycles. The lowest BCUT2D eigenvalue weighted by atomic mass is 10.2. The zero-order valence-electron chi connectivity index (χ0n) is 13.9. The second kappa shape index (κ2) is 7.85. The summed E-state index contributed by atoms with van der Waals surface area (Å²) in [5.74, 6) is 0.680. The first-order valence-corrected chi connectivity index (χ1v) is 7.71. The fourth-order valence-electron chi connectivity index (χ4n) is 2.35. The smallest absolute Gasteiger partial charge is 0.307 e. The number of benzene rings is 2. The molecule has 0 bridgehead atoms. The highest BCUT2D eigenvalue weighted by Gasteiger charge is 2.14. The molecule has 0 spiro atoms. The van der Waals surface area contributed by atoms with Crippen LogP contribution in [0.1, 0.15) is 16.1 Å². The summed E-state index contributed by atoms with van der Waals surface area (Å²) >= 11 is 0. The number of nitrogens with one attached hydrogen (secondary N) is 1. The number of para-hydroxylation sites is 2. The fourth-order valence-corrected chi connectivity index (χ4v) is 2.35. The summed E-state index contributed by atoms with van der Waals surface area (Å²) in [7, 11) is 1.53. The van der Waals surface area contributed by atoms with Gasteiger partial charge in [0.25, 0.3) is 0 Å². The van der Waals surface area contributed by atoms with Crippen LogP contribution < -0.4 is 14.9 Å². The lowest BCUT2D eigenvalue weighted by Gasteiger charge is -2.04. The molecule has 130 valence electrons. The summed E-state index contributed by atoms with van der Waals surface area (Å²) < 4.78 is 16.1. The van der Waals surface area contributed by atoms with Crippen LogP contribution in [-0.4, -0.2) is 25.8 Å². The van der Waals surface area contributed by atoms with E-state index in [1.54, 1.807) is 36.4 Å². The van der Waals surface area contributed by atoms with E-state index in [9.17, 15) is 4.79 Å². The molecule has 0 aliphatic heterocycles. The summed E-state index contributed by atoms with van der Waals surface area (Å²) in [5, 5.41) is 13.3. The Hall–Kier alpha value is -3.79. The minimum absolute atomic E-state index is 0.0714. The van der Waals surface area contributed by atoms with E-state index in [0.29, 0.717) is 22.6 Å². The van der Waals surface area contributed by atoms with Crippen LogP contribution >= 0.6 is 0 Å². The number of furan rings is 1. The van der Waals surface area contributed by atoms with Crippen molar-refractivity contribution >= 4 is 23.1 Å². The summed E-state index contributed by atoms with van der Waals surface area (Å²) in [6.45, 7) is -0.0714. The summed E-state index contributed by atoms with van der Waals surface area (Å²) in [6, 6.07) is 16.0. The topological polar surface area (TPSA) is 96.9 Å². The van der Waals surface area contributed by atoms with E-state index in [2.05, 4.69) is 10.5 Å². The van der Waals surface area contributed by atoms with Gasteiger partial charge in [0, 0.05) is 10.9 Å². The first kappa shape index (κ1) is 17.0. The van der Waals surface area contributed by atoms with Crippen LogP contribution in [0.5, 0.6) is 11.5 Å². The Labute approximate surface area is 149 Å². The van der Waals surface area contributed by atoms with Crippen molar-refractivity contribution in [3.05, 3.63) is 59.9 Å². The molecule has 0 saturated heterocycles. The Morgan fingerprint density at radius 1 is 1.27 bits per heavy atom. The molecule has 1 amide bonds. The number of nitrogens with zero attached hydrogens (tertiary/aromatic N) is 2. The normalized spacial score (nSPS) is 10.6. The van der Waals surface area contributed by atoms with Crippen molar-refractivity contribution in [2.45, 2.75) is 0 Å². The van der Waals surface area contributed by atoms with Crippen molar-refractivity contribution < 1.29 is 18.7 Å². The molecule has 0 aliphatic rings. The molecule has 7 heteroatoms. The highest BCUT2D eigenvalue weighted by molar-refractivity contribution is 5.97. The monoisotopic (exact) mass is 349 g/mol. The number of fused-ring (bicyclic) bond motifs is 1. The van der Waals surface area contributed by atoms with Gasteiger partial charge in [-0.1, -0.05) is 24.3 Å². The average molecular weight is 349 g/mol. The Bertz CT molecular complexity index is 1000. The Balaban J connectivity index is 1.73. The Morgan fingerprint density at radius 2 is 2.08 bits per heavy atom. The van der Waals surface area contributed by atoms with E-state index in [1.807, 2.05) is 18.2 Å². The highest BCUT2D eigenvalue weighted by Crippen LogP contribution is 2.28.